The van der Waals surface area contributed by atoms with Crippen molar-refractivity contribution in [1.82, 2.24) is 4.57 Å². The second kappa shape index (κ2) is 4.88. The topological polar surface area (TPSA) is 22.0 Å². The van der Waals surface area contributed by atoms with Crippen molar-refractivity contribution >= 4 is 15.9 Å². The van der Waals surface area contributed by atoms with Crippen LogP contribution in [0.15, 0.2) is 45.8 Å². The molecule has 0 bridgehead atoms. The zero-order chi connectivity index (χ0) is 12.4. The fourth-order valence-electron chi connectivity index (χ4n) is 1.75. The summed E-state index contributed by atoms with van der Waals surface area (Å²) >= 11 is 3.41. The number of rotatable bonds is 2. The van der Waals surface area contributed by atoms with Crippen LogP contribution in [0.5, 0.6) is 0 Å². The molecule has 0 aliphatic carbocycles. The summed E-state index contributed by atoms with van der Waals surface area (Å²) in [5.74, 6) is 0. The second-order valence-electron chi connectivity index (χ2n) is 4.26. The van der Waals surface area contributed by atoms with Gasteiger partial charge in [-0.2, -0.15) is 0 Å². The fraction of sp³-hybridized carbons (Fsp3) is 0.214. The largest absolute Gasteiger partial charge is 0.310 e. The molecule has 17 heavy (non-hydrogen) atoms. The number of aryl methyl sites for hydroxylation is 2. The molecule has 1 heterocycles. The van der Waals surface area contributed by atoms with Crippen LogP contribution < -0.4 is 5.56 Å². The Kier molecular flexibility index (Phi) is 3.48. The Balaban J connectivity index is 2.36. The number of hydrogen-bond donors (Lipinski definition) is 0. The van der Waals surface area contributed by atoms with Crippen molar-refractivity contribution in [3.05, 3.63) is 68.0 Å². The summed E-state index contributed by atoms with van der Waals surface area (Å²) in [6.07, 6.45) is 1.83. The van der Waals surface area contributed by atoms with Crippen LogP contribution in [-0.4, -0.2) is 4.57 Å². The van der Waals surface area contributed by atoms with E-state index >= 15 is 0 Å². The summed E-state index contributed by atoms with van der Waals surface area (Å²) < 4.78 is 2.66. The van der Waals surface area contributed by atoms with Gasteiger partial charge >= 0.3 is 0 Å². The molecule has 0 radical (unpaired) electrons. The lowest BCUT2D eigenvalue weighted by molar-refractivity contribution is 0.749. The van der Waals surface area contributed by atoms with Crippen molar-refractivity contribution in [1.29, 1.82) is 0 Å². The highest BCUT2D eigenvalue weighted by atomic mass is 79.9. The normalized spacial score (nSPS) is 10.5. The fourth-order valence-corrected chi connectivity index (χ4v) is 2.34. The van der Waals surface area contributed by atoms with Gasteiger partial charge in [0.15, 0.2) is 0 Å². The van der Waals surface area contributed by atoms with Gasteiger partial charge in [0.2, 0.25) is 0 Å². The minimum Gasteiger partial charge on any atom is -0.310 e. The van der Waals surface area contributed by atoms with Crippen LogP contribution in [-0.2, 0) is 6.54 Å². The molecular weight excluding hydrogens is 278 g/mol. The molecule has 2 aromatic rings. The maximum atomic E-state index is 11.9. The third-order valence-electron chi connectivity index (χ3n) is 2.71. The molecule has 0 atom stereocenters. The first-order valence-corrected chi connectivity index (χ1v) is 6.28. The minimum absolute atomic E-state index is 0.0637. The van der Waals surface area contributed by atoms with Crippen molar-refractivity contribution in [3.8, 4) is 0 Å². The molecule has 0 N–H and O–H groups in total. The Bertz CT molecular complexity index is 584. The quantitative estimate of drug-likeness (QED) is 0.832. The number of hydrogen-bond acceptors (Lipinski definition) is 1. The Labute approximate surface area is 109 Å². The molecule has 2 rings (SSSR count). The summed E-state index contributed by atoms with van der Waals surface area (Å²) in [5.41, 5.74) is 3.18. The van der Waals surface area contributed by atoms with Crippen molar-refractivity contribution in [2.45, 2.75) is 20.4 Å². The standard InChI is InChI=1S/C14H14BrNO/c1-10-3-5-12(6-4-10)8-16-9-13(15)7-11(2)14(16)17/h3-7,9H,8H2,1-2H3. The maximum Gasteiger partial charge on any atom is 0.253 e. The number of nitrogens with zero attached hydrogens (tertiary/aromatic N) is 1. The first-order chi connectivity index (χ1) is 8.06. The van der Waals surface area contributed by atoms with Crippen molar-refractivity contribution in [2.24, 2.45) is 0 Å². The molecule has 88 valence electrons. The highest BCUT2D eigenvalue weighted by Gasteiger charge is 2.02. The van der Waals surface area contributed by atoms with Gasteiger partial charge in [0.05, 0.1) is 6.54 Å². The molecule has 0 saturated carbocycles. The molecule has 2 nitrogen and oxygen atoms in total. The Morgan fingerprint density at radius 2 is 1.82 bits per heavy atom. The molecule has 0 saturated heterocycles. The lowest BCUT2D eigenvalue weighted by Crippen LogP contribution is -2.22. The Morgan fingerprint density at radius 3 is 2.47 bits per heavy atom. The summed E-state index contributed by atoms with van der Waals surface area (Å²) in [5, 5.41) is 0. The van der Waals surface area contributed by atoms with E-state index in [0.29, 0.717) is 6.54 Å². The number of halogens is 1. The van der Waals surface area contributed by atoms with E-state index in [1.165, 1.54) is 5.56 Å². The zero-order valence-corrected chi connectivity index (χ0v) is 11.5. The van der Waals surface area contributed by atoms with Crippen molar-refractivity contribution in [3.63, 3.8) is 0 Å². The molecule has 1 aromatic carbocycles. The minimum atomic E-state index is 0.0637. The van der Waals surface area contributed by atoms with E-state index < -0.39 is 0 Å². The van der Waals surface area contributed by atoms with Gasteiger partial charge in [0.1, 0.15) is 0 Å². The van der Waals surface area contributed by atoms with E-state index in [0.717, 1.165) is 15.6 Å². The van der Waals surface area contributed by atoms with Crippen LogP contribution in [0.3, 0.4) is 0 Å². The number of pyridine rings is 1. The van der Waals surface area contributed by atoms with Gasteiger partial charge in [-0.25, -0.2) is 0 Å². The van der Waals surface area contributed by atoms with Crippen LogP contribution in [0, 0.1) is 13.8 Å². The molecule has 0 unspecified atom stereocenters. The van der Waals surface area contributed by atoms with Crippen LogP contribution >= 0.6 is 15.9 Å². The van der Waals surface area contributed by atoms with Gasteiger partial charge < -0.3 is 4.57 Å². The van der Waals surface area contributed by atoms with Crippen LogP contribution in [0.25, 0.3) is 0 Å². The molecule has 1 aromatic heterocycles. The third kappa shape index (κ3) is 2.86. The van der Waals surface area contributed by atoms with Gasteiger partial charge in [0.25, 0.3) is 5.56 Å². The summed E-state index contributed by atoms with van der Waals surface area (Å²) in [6.45, 7) is 4.50. The summed E-state index contributed by atoms with van der Waals surface area (Å²) in [6, 6.07) is 10.1. The van der Waals surface area contributed by atoms with Crippen LogP contribution in [0.4, 0.5) is 0 Å². The molecule has 0 aliphatic heterocycles. The lowest BCUT2D eigenvalue weighted by Gasteiger charge is -2.08. The maximum absolute atomic E-state index is 11.9. The van der Waals surface area contributed by atoms with Gasteiger partial charge in [-0.15, -0.1) is 0 Å². The second-order valence-corrected chi connectivity index (χ2v) is 5.18. The smallest absolute Gasteiger partial charge is 0.253 e. The first-order valence-electron chi connectivity index (χ1n) is 5.48. The van der Waals surface area contributed by atoms with Gasteiger partial charge in [-0.05, 0) is 41.4 Å². The number of benzene rings is 1. The Morgan fingerprint density at radius 1 is 1.18 bits per heavy atom. The van der Waals surface area contributed by atoms with E-state index in [1.807, 2.05) is 19.2 Å². The van der Waals surface area contributed by atoms with Gasteiger partial charge in [0, 0.05) is 16.2 Å². The molecular formula is C14H14BrNO. The van der Waals surface area contributed by atoms with Crippen molar-refractivity contribution < 1.29 is 0 Å². The first kappa shape index (κ1) is 12.1. The third-order valence-corrected chi connectivity index (χ3v) is 3.14. The van der Waals surface area contributed by atoms with Crippen LogP contribution in [0.2, 0.25) is 0 Å². The average molecular weight is 292 g/mol. The Hall–Kier alpha value is -1.35. The zero-order valence-electron chi connectivity index (χ0n) is 9.90. The number of aromatic nitrogens is 1. The monoisotopic (exact) mass is 291 g/mol. The van der Waals surface area contributed by atoms with E-state index in [2.05, 4.69) is 47.1 Å². The predicted octanol–water partition coefficient (Wildman–Crippen LogP) is 3.28. The molecule has 0 fully saturated rings. The SMILES string of the molecule is Cc1ccc(Cn2cc(Br)cc(C)c2=O)cc1. The summed E-state index contributed by atoms with van der Waals surface area (Å²) in [4.78, 5) is 11.9. The van der Waals surface area contributed by atoms with E-state index in [-0.39, 0.29) is 5.56 Å². The van der Waals surface area contributed by atoms with Gasteiger partial charge in [-0.1, -0.05) is 29.8 Å². The van der Waals surface area contributed by atoms with E-state index in [9.17, 15) is 4.79 Å². The van der Waals surface area contributed by atoms with E-state index in [4.69, 9.17) is 0 Å². The average Bonchev–Trinajstić information content (AvgIpc) is 2.28. The molecule has 3 heteroatoms. The van der Waals surface area contributed by atoms with E-state index in [1.54, 1.807) is 4.57 Å². The van der Waals surface area contributed by atoms with Crippen molar-refractivity contribution in [2.75, 3.05) is 0 Å². The highest BCUT2D eigenvalue weighted by Crippen LogP contribution is 2.10. The lowest BCUT2D eigenvalue weighted by atomic mass is 10.1. The predicted molar refractivity (Wildman–Crippen MR) is 73.4 cm³/mol. The molecule has 0 spiro atoms. The summed E-state index contributed by atoms with van der Waals surface area (Å²) in [7, 11) is 0. The molecule has 0 amide bonds. The van der Waals surface area contributed by atoms with Crippen LogP contribution in [0.1, 0.15) is 16.7 Å². The van der Waals surface area contributed by atoms with Gasteiger partial charge in [-0.3, -0.25) is 4.79 Å². The highest BCUT2D eigenvalue weighted by molar-refractivity contribution is 9.10. The molecule has 0 aliphatic rings.